The van der Waals surface area contributed by atoms with Crippen LogP contribution in [0, 0.1) is 18.8 Å². The highest BCUT2D eigenvalue weighted by molar-refractivity contribution is 6.31. The number of nitrogens with zero attached hydrogens (tertiary/aromatic N) is 1. The van der Waals surface area contributed by atoms with Crippen LogP contribution >= 0.6 is 11.6 Å². The quantitative estimate of drug-likeness (QED) is 0.0649. The van der Waals surface area contributed by atoms with Crippen LogP contribution in [0.1, 0.15) is 118 Å². The zero-order chi connectivity index (χ0) is 44.3. The first-order valence-electron chi connectivity index (χ1n) is 21.4. The van der Waals surface area contributed by atoms with E-state index in [2.05, 4.69) is 77.3 Å². The molecule has 0 spiro atoms. The minimum Gasteiger partial charge on any atom is -0.507 e. The number of hydrogen-bond acceptors (Lipinski definition) is 5. The molecule has 0 aromatic heterocycles. The minimum absolute atomic E-state index is 0.0152. The van der Waals surface area contributed by atoms with E-state index < -0.39 is 5.97 Å². The lowest BCUT2D eigenvalue weighted by molar-refractivity contribution is -0.123. The van der Waals surface area contributed by atoms with Gasteiger partial charge in [0.2, 0.25) is 5.91 Å². The molecular weight excluding hydrogens is 776 g/mol. The van der Waals surface area contributed by atoms with Crippen molar-refractivity contribution in [2.45, 2.75) is 92.9 Å². The summed E-state index contributed by atoms with van der Waals surface area (Å²) in [4.78, 5) is 25.3. The van der Waals surface area contributed by atoms with Gasteiger partial charge in [-0.1, -0.05) is 176 Å². The number of ether oxygens (including phenoxy) is 1. The largest absolute Gasteiger partial charge is 0.507 e. The number of hydrazine groups is 1. The number of anilines is 2. The van der Waals surface area contributed by atoms with E-state index in [0.717, 1.165) is 47.6 Å². The number of aromatic hydroxyl groups is 1. The van der Waals surface area contributed by atoms with E-state index in [-0.39, 0.29) is 29.1 Å². The van der Waals surface area contributed by atoms with Crippen LogP contribution in [0.5, 0.6) is 11.5 Å². The molecule has 6 aromatic rings. The summed E-state index contributed by atoms with van der Waals surface area (Å²) in [5.74, 6) is 1.18. The second kappa shape index (κ2) is 24.4. The van der Waals surface area contributed by atoms with Crippen molar-refractivity contribution in [1.29, 1.82) is 0 Å². The third-order valence-corrected chi connectivity index (χ3v) is 11.0. The normalized spacial score (nSPS) is 11.2. The van der Waals surface area contributed by atoms with Gasteiger partial charge >= 0.3 is 5.97 Å². The average molecular weight is 840 g/mol. The highest BCUT2D eigenvalue weighted by atomic mass is 35.5. The first kappa shape index (κ1) is 47.8. The van der Waals surface area contributed by atoms with Crippen molar-refractivity contribution in [3.63, 3.8) is 0 Å². The Morgan fingerprint density at radius 1 is 0.672 bits per heavy atom. The van der Waals surface area contributed by atoms with E-state index in [1.165, 1.54) is 34.4 Å². The van der Waals surface area contributed by atoms with E-state index in [1.54, 1.807) is 23.2 Å². The summed E-state index contributed by atoms with van der Waals surface area (Å²) in [6, 6.07) is 48.2. The number of rotatable bonds is 14. The summed E-state index contributed by atoms with van der Waals surface area (Å²) < 4.78 is 5.37. The van der Waals surface area contributed by atoms with Crippen LogP contribution in [0.2, 0.25) is 5.02 Å². The number of hydrogen-bond donors (Lipinski definition) is 2. The molecule has 0 aliphatic heterocycles. The number of benzene rings is 6. The van der Waals surface area contributed by atoms with Crippen molar-refractivity contribution in [2.24, 2.45) is 11.8 Å². The lowest BCUT2D eigenvalue weighted by atomic mass is 9.89. The summed E-state index contributed by atoms with van der Waals surface area (Å²) in [5, 5.41) is 12.2. The molecule has 1 unspecified atom stereocenters. The molecule has 0 bridgehead atoms. The predicted octanol–water partition coefficient (Wildman–Crippen LogP) is 14.6. The van der Waals surface area contributed by atoms with Crippen LogP contribution in [-0.2, 0) is 11.2 Å². The van der Waals surface area contributed by atoms with Crippen molar-refractivity contribution in [3.8, 4) is 11.5 Å². The molecule has 0 saturated carbocycles. The Balaban J connectivity index is 0.000000204. The van der Waals surface area contributed by atoms with E-state index in [4.69, 9.17) is 16.3 Å². The maximum atomic E-state index is 13.3. The minimum atomic E-state index is -0.550. The summed E-state index contributed by atoms with van der Waals surface area (Å²) in [5.41, 5.74) is 11.5. The van der Waals surface area contributed by atoms with Crippen LogP contribution in [0.4, 0.5) is 11.4 Å². The van der Waals surface area contributed by atoms with E-state index in [1.807, 2.05) is 105 Å². The molecular formula is C54H63ClN2O4. The van der Waals surface area contributed by atoms with Gasteiger partial charge in [-0.3, -0.25) is 10.2 Å². The topological polar surface area (TPSA) is 78.9 Å². The molecule has 0 heterocycles. The van der Waals surface area contributed by atoms with Crippen molar-refractivity contribution < 1.29 is 19.4 Å². The molecule has 320 valence electrons. The number of amides is 1. The number of para-hydroxylation sites is 4. The zero-order valence-electron chi connectivity index (χ0n) is 37.1. The highest BCUT2D eigenvalue weighted by Crippen LogP contribution is 2.29. The molecule has 2 N–H and O–H groups in total. The molecule has 0 fully saturated rings. The summed E-state index contributed by atoms with van der Waals surface area (Å²) >= 11 is 6.18. The van der Waals surface area contributed by atoms with Gasteiger partial charge in [0.1, 0.15) is 17.1 Å². The Morgan fingerprint density at radius 3 is 1.85 bits per heavy atom. The number of phenolic OH excluding ortho intramolecular Hbond substituents is 1. The number of carbonyl (C=O) groups is 2. The monoisotopic (exact) mass is 838 g/mol. The second-order valence-corrected chi connectivity index (χ2v) is 16.5. The molecule has 1 atom stereocenters. The Bertz CT molecular complexity index is 2260. The van der Waals surface area contributed by atoms with Gasteiger partial charge in [0, 0.05) is 10.9 Å². The summed E-state index contributed by atoms with van der Waals surface area (Å²) in [6.07, 6.45) is 4.06. The van der Waals surface area contributed by atoms with Gasteiger partial charge in [-0.2, -0.15) is 0 Å². The summed E-state index contributed by atoms with van der Waals surface area (Å²) in [7, 11) is 0. The van der Waals surface area contributed by atoms with Crippen LogP contribution in [0.25, 0.3) is 0 Å². The molecule has 7 heteroatoms. The van der Waals surface area contributed by atoms with Gasteiger partial charge in [-0.05, 0) is 114 Å². The molecule has 0 aliphatic carbocycles. The van der Waals surface area contributed by atoms with Gasteiger partial charge in [0.05, 0.1) is 11.4 Å². The van der Waals surface area contributed by atoms with E-state index >= 15 is 0 Å². The Kier molecular flexibility index (Phi) is 19.1. The van der Waals surface area contributed by atoms with Crippen LogP contribution in [0.15, 0.2) is 152 Å². The lowest BCUT2D eigenvalue weighted by Crippen LogP contribution is -2.42. The van der Waals surface area contributed by atoms with E-state index in [0.29, 0.717) is 17.6 Å². The molecule has 1 amide bonds. The Morgan fingerprint density at radius 2 is 1.23 bits per heavy atom. The van der Waals surface area contributed by atoms with Crippen molar-refractivity contribution in [1.82, 2.24) is 0 Å². The molecule has 6 aromatic carbocycles. The molecule has 0 saturated heterocycles. The number of phenols is 1. The second-order valence-electron chi connectivity index (χ2n) is 16.1. The van der Waals surface area contributed by atoms with E-state index in [9.17, 15) is 14.7 Å². The molecule has 0 radical (unpaired) electrons. The molecule has 61 heavy (non-hydrogen) atoms. The van der Waals surface area contributed by atoms with Crippen LogP contribution < -0.4 is 15.2 Å². The van der Waals surface area contributed by atoms with Crippen LogP contribution in [-0.4, -0.2) is 17.0 Å². The smallest absolute Gasteiger partial charge is 0.347 e. The standard InChI is InChI=1S/C21H28N2O.C17H19Cl.C16H16O3/c1-4-5-16-20(17(2)3)21(24)23(19-14-10-7-11-15-19)22-18-12-8-6-9-13-18;1-12(2)16-9-5-4-7-15(16)11-14-8-6-10-17(18)13(14)3;1-11(2)12-7-4-6-10-15(12)19-16(18)13-8-3-5-9-14(13)17/h6-15,17,20,22H,4-5,16H2,1-3H3;4-10,12H,11H2,1-3H3;3-11,17H,1-2H3. The molecule has 6 nitrogen and oxygen atoms in total. The van der Waals surface area contributed by atoms with Crippen LogP contribution in [0.3, 0.4) is 0 Å². The SMILES string of the molecule is CC(C)c1ccccc1OC(=O)c1ccccc1O.CCCCC(C(=O)N(Nc1ccccc1)c1ccccc1)C(C)C.Cc1c(Cl)cccc1Cc1ccccc1C(C)C. The van der Waals surface area contributed by atoms with Gasteiger partial charge in [0.25, 0.3) is 0 Å². The lowest BCUT2D eigenvalue weighted by Gasteiger charge is -2.30. The number of unbranched alkanes of at least 4 members (excludes halogenated alkanes) is 1. The van der Waals surface area contributed by atoms with Gasteiger partial charge in [-0.25, -0.2) is 9.80 Å². The van der Waals surface area contributed by atoms with Gasteiger partial charge in [0.15, 0.2) is 0 Å². The molecule has 6 rings (SSSR count). The first-order chi connectivity index (χ1) is 29.3. The predicted molar refractivity (Wildman–Crippen MR) is 255 cm³/mol. The fourth-order valence-corrected chi connectivity index (χ4v) is 7.15. The summed E-state index contributed by atoms with van der Waals surface area (Å²) in [6.45, 7) is 17.1. The fraction of sp³-hybridized carbons (Fsp3) is 0.296. The number of halogens is 1. The van der Waals surface area contributed by atoms with Crippen molar-refractivity contribution in [3.05, 3.63) is 190 Å². The third kappa shape index (κ3) is 14.4. The Hall–Kier alpha value is -5.85. The average Bonchev–Trinajstić information content (AvgIpc) is 3.26. The highest BCUT2D eigenvalue weighted by Gasteiger charge is 2.28. The number of esters is 1. The first-order valence-corrected chi connectivity index (χ1v) is 21.8. The fourth-order valence-electron chi connectivity index (χ4n) is 6.96. The van der Waals surface area contributed by atoms with Gasteiger partial charge in [-0.15, -0.1) is 0 Å². The van der Waals surface area contributed by atoms with Crippen molar-refractivity contribution in [2.75, 3.05) is 10.4 Å². The number of carbonyl (C=O) groups excluding carboxylic acids is 2. The number of nitrogens with one attached hydrogen (secondary N) is 1. The van der Waals surface area contributed by atoms with Crippen molar-refractivity contribution >= 4 is 34.9 Å². The third-order valence-electron chi connectivity index (χ3n) is 10.5. The molecule has 0 aliphatic rings. The maximum absolute atomic E-state index is 13.3. The Labute approximate surface area is 369 Å². The maximum Gasteiger partial charge on any atom is 0.347 e. The van der Waals surface area contributed by atoms with Gasteiger partial charge < -0.3 is 9.84 Å². The zero-order valence-corrected chi connectivity index (χ0v) is 37.8.